The molecule has 30 heavy (non-hydrogen) atoms. The van der Waals surface area contributed by atoms with Crippen molar-refractivity contribution < 1.29 is 18.0 Å². The van der Waals surface area contributed by atoms with Crippen LogP contribution in [0.5, 0.6) is 0 Å². The second-order valence-corrected chi connectivity index (χ2v) is 10.3. The molecule has 2 bridgehead atoms. The summed E-state index contributed by atoms with van der Waals surface area (Å²) in [6.45, 7) is 2.26. The molecule has 0 radical (unpaired) electrons. The fraction of sp³-hybridized carbons (Fsp3) is 0.591. The highest BCUT2D eigenvalue weighted by molar-refractivity contribution is 7.21. The number of thiophene rings is 1. The maximum atomic E-state index is 13.7. The standard InChI is InChI=1S/C22H23F3N2OS.ClH/c23-22(24,25)20(6-7-20)15-3-1-2-14-12-16(29-17(14)15)19(28)26-18-13-4-10-27(11-5-13)21(18)8-9-21;/h1-3,12-13,18H,4-11H2,(H,26,28);1H/t18-;/m1./s1. The summed E-state index contributed by atoms with van der Waals surface area (Å²) in [6, 6.07) is 7.03. The smallest absolute Gasteiger partial charge is 0.346 e. The predicted octanol–water partition coefficient (Wildman–Crippen LogP) is 5.27. The minimum Gasteiger partial charge on any atom is -0.346 e. The van der Waals surface area contributed by atoms with E-state index in [9.17, 15) is 18.0 Å². The van der Waals surface area contributed by atoms with Crippen molar-refractivity contribution in [2.45, 2.75) is 61.7 Å². The van der Waals surface area contributed by atoms with Crippen molar-refractivity contribution in [3.63, 3.8) is 0 Å². The quantitative estimate of drug-likeness (QED) is 0.682. The molecule has 2 aliphatic carbocycles. The van der Waals surface area contributed by atoms with Gasteiger partial charge in [0, 0.05) is 10.2 Å². The number of nitrogens with zero attached hydrogens (tertiary/aromatic N) is 1. The largest absolute Gasteiger partial charge is 0.398 e. The van der Waals surface area contributed by atoms with E-state index in [-0.39, 0.29) is 42.7 Å². The van der Waals surface area contributed by atoms with Crippen molar-refractivity contribution in [3.05, 3.63) is 34.7 Å². The van der Waals surface area contributed by atoms with Gasteiger partial charge in [0.25, 0.3) is 5.91 Å². The van der Waals surface area contributed by atoms with Crippen LogP contribution in [-0.4, -0.2) is 41.7 Å². The van der Waals surface area contributed by atoms with Crippen LogP contribution in [0.25, 0.3) is 10.1 Å². The molecule has 0 unspecified atom stereocenters. The highest BCUT2D eigenvalue weighted by Crippen LogP contribution is 2.60. The van der Waals surface area contributed by atoms with E-state index >= 15 is 0 Å². The Hall–Kier alpha value is -1.31. The Morgan fingerprint density at radius 3 is 2.43 bits per heavy atom. The summed E-state index contributed by atoms with van der Waals surface area (Å²) in [5, 5.41) is 4.03. The normalized spacial score (nSPS) is 30.2. The lowest BCUT2D eigenvalue weighted by atomic mass is 9.77. The van der Waals surface area contributed by atoms with Crippen molar-refractivity contribution in [1.29, 1.82) is 0 Å². The van der Waals surface area contributed by atoms with Gasteiger partial charge >= 0.3 is 6.18 Å². The van der Waals surface area contributed by atoms with Gasteiger partial charge in [-0.1, -0.05) is 18.2 Å². The second-order valence-electron chi connectivity index (χ2n) is 9.29. The van der Waals surface area contributed by atoms with E-state index in [1.165, 1.54) is 11.3 Å². The van der Waals surface area contributed by atoms with Gasteiger partial charge in [0.05, 0.1) is 16.3 Å². The summed E-state index contributed by atoms with van der Waals surface area (Å²) in [5.74, 6) is 0.399. The molecular weight excluding hydrogens is 433 g/mol. The summed E-state index contributed by atoms with van der Waals surface area (Å²) in [5.41, 5.74) is -1.24. The lowest BCUT2D eigenvalue weighted by Gasteiger charge is -2.52. The van der Waals surface area contributed by atoms with Gasteiger partial charge in [-0.25, -0.2) is 0 Å². The monoisotopic (exact) mass is 456 g/mol. The molecule has 5 fully saturated rings. The Bertz CT molecular complexity index is 1000. The molecule has 1 aromatic carbocycles. The molecule has 5 aliphatic rings. The van der Waals surface area contributed by atoms with E-state index in [0.29, 0.717) is 21.1 Å². The first-order valence-corrected chi connectivity index (χ1v) is 11.3. The van der Waals surface area contributed by atoms with E-state index < -0.39 is 11.6 Å². The molecule has 3 nitrogen and oxygen atoms in total. The van der Waals surface area contributed by atoms with E-state index in [1.807, 2.05) is 6.07 Å². The highest BCUT2D eigenvalue weighted by Gasteiger charge is 2.65. The topological polar surface area (TPSA) is 32.3 Å². The van der Waals surface area contributed by atoms with Crippen LogP contribution in [0.4, 0.5) is 13.2 Å². The van der Waals surface area contributed by atoms with Gasteiger partial charge in [-0.2, -0.15) is 13.2 Å². The Morgan fingerprint density at radius 2 is 1.83 bits per heavy atom. The van der Waals surface area contributed by atoms with Crippen LogP contribution in [0.15, 0.2) is 24.3 Å². The minimum absolute atomic E-state index is 0. The van der Waals surface area contributed by atoms with Gasteiger partial charge in [-0.05, 0) is 74.5 Å². The van der Waals surface area contributed by atoms with Crippen molar-refractivity contribution >= 4 is 39.7 Å². The van der Waals surface area contributed by atoms with Crippen molar-refractivity contribution in [1.82, 2.24) is 10.2 Å². The zero-order chi connectivity index (χ0) is 20.0. The average molecular weight is 457 g/mol. The van der Waals surface area contributed by atoms with E-state index in [0.717, 1.165) is 44.2 Å². The molecule has 1 N–H and O–H groups in total. The molecule has 7 rings (SSSR count). The fourth-order valence-electron chi connectivity index (χ4n) is 5.92. The number of alkyl halides is 3. The highest BCUT2D eigenvalue weighted by atomic mass is 35.5. The summed E-state index contributed by atoms with van der Waals surface area (Å²) < 4.78 is 41.7. The molecule has 3 saturated heterocycles. The predicted molar refractivity (Wildman–Crippen MR) is 114 cm³/mol. The Balaban J connectivity index is 0.00000193. The van der Waals surface area contributed by atoms with Gasteiger partial charge in [0.1, 0.15) is 0 Å². The molecule has 1 spiro atoms. The Morgan fingerprint density at radius 1 is 1.13 bits per heavy atom. The van der Waals surface area contributed by atoms with Crippen LogP contribution in [0, 0.1) is 5.92 Å². The first kappa shape index (κ1) is 20.6. The first-order valence-electron chi connectivity index (χ1n) is 10.5. The van der Waals surface area contributed by atoms with Gasteiger partial charge in [-0.15, -0.1) is 23.7 Å². The van der Waals surface area contributed by atoms with Crippen LogP contribution in [-0.2, 0) is 5.41 Å². The zero-order valence-electron chi connectivity index (χ0n) is 16.4. The summed E-state index contributed by atoms with van der Waals surface area (Å²) in [4.78, 5) is 16.2. The Labute approximate surface area is 183 Å². The van der Waals surface area contributed by atoms with Crippen LogP contribution in [0.2, 0.25) is 0 Å². The number of amides is 1. The molecule has 4 heterocycles. The third-order valence-corrected chi connectivity index (χ3v) is 9.03. The van der Waals surface area contributed by atoms with E-state index in [4.69, 9.17) is 0 Å². The minimum atomic E-state index is -4.25. The molecule has 2 aromatic rings. The molecule has 8 heteroatoms. The van der Waals surface area contributed by atoms with E-state index in [1.54, 1.807) is 18.2 Å². The number of fused-ring (bicyclic) bond motifs is 3. The molecule has 1 atom stereocenters. The number of hydrogen-bond acceptors (Lipinski definition) is 3. The lowest BCUT2D eigenvalue weighted by Crippen LogP contribution is -2.65. The van der Waals surface area contributed by atoms with Crippen molar-refractivity contribution in [2.75, 3.05) is 13.1 Å². The number of benzene rings is 1. The SMILES string of the molecule is Cl.O=C(N[C@@H]1C2CCN(CC2)C12CC2)c1cc2cccc(C3(C(F)(F)F)CC3)c2s1. The second kappa shape index (κ2) is 6.59. The number of piperidine rings is 3. The number of nitrogens with one attached hydrogen (secondary N) is 1. The van der Waals surface area contributed by atoms with Crippen LogP contribution < -0.4 is 5.32 Å². The van der Waals surface area contributed by atoms with Crippen LogP contribution >= 0.6 is 23.7 Å². The Kier molecular flexibility index (Phi) is 4.53. The number of carbonyl (C=O) groups excluding carboxylic acids is 1. The van der Waals surface area contributed by atoms with Gasteiger partial charge in [0.2, 0.25) is 0 Å². The zero-order valence-corrected chi connectivity index (χ0v) is 18.1. The number of hydrogen-bond donors (Lipinski definition) is 1. The van der Waals surface area contributed by atoms with Gasteiger partial charge in [-0.3, -0.25) is 9.69 Å². The number of carbonyl (C=O) groups is 1. The molecule has 162 valence electrons. The number of halogens is 4. The van der Waals surface area contributed by atoms with Crippen LogP contribution in [0.3, 0.4) is 0 Å². The van der Waals surface area contributed by atoms with Crippen LogP contribution in [0.1, 0.15) is 53.8 Å². The summed E-state index contributed by atoms with van der Waals surface area (Å²) >= 11 is 1.22. The summed E-state index contributed by atoms with van der Waals surface area (Å²) in [7, 11) is 0. The third kappa shape index (κ3) is 2.77. The molecular formula is C22H24ClF3N2OS. The van der Waals surface area contributed by atoms with Crippen molar-refractivity contribution in [3.8, 4) is 0 Å². The maximum Gasteiger partial charge on any atom is 0.398 e. The summed E-state index contributed by atoms with van der Waals surface area (Å²) in [6.07, 6.45) is 0.545. The fourth-order valence-corrected chi connectivity index (χ4v) is 7.09. The molecule has 1 amide bonds. The van der Waals surface area contributed by atoms with Gasteiger partial charge in [0.15, 0.2) is 0 Å². The molecule has 3 aliphatic heterocycles. The lowest BCUT2D eigenvalue weighted by molar-refractivity contribution is -0.160. The maximum absolute atomic E-state index is 13.7. The van der Waals surface area contributed by atoms with E-state index in [2.05, 4.69) is 10.2 Å². The molecule has 1 aromatic heterocycles. The molecule has 2 saturated carbocycles. The van der Waals surface area contributed by atoms with Crippen molar-refractivity contribution in [2.24, 2.45) is 5.92 Å². The first-order chi connectivity index (χ1) is 13.8. The average Bonchev–Trinajstić information content (AvgIpc) is 3.61. The third-order valence-electron chi connectivity index (χ3n) is 7.84. The van der Waals surface area contributed by atoms with Gasteiger partial charge < -0.3 is 5.32 Å². The number of rotatable bonds is 3.